The molecule has 1 heterocycles. The average molecular weight is 397 g/mol. The van der Waals surface area contributed by atoms with Gasteiger partial charge >= 0.3 is 0 Å². The van der Waals surface area contributed by atoms with Gasteiger partial charge in [-0.1, -0.05) is 15.9 Å². The number of hydrogen-bond donors (Lipinski definition) is 2. The third-order valence-corrected chi connectivity index (χ3v) is 4.96. The van der Waals surface area contributed by atoms with Crippen molar-refractivity contribution >= 4 is 33.2 Å². The summed E-state index contributed by atoms with van der Waals surface area (Å²) in [6.45, 7) is 5.40. The zero-order chi connectivity index (χ0) is 16.8. The van der Waals surface area contributed by atoms with Gasteiger partial charge in [-0.3, -0.25) is 4.99 Å². The Hall–Kier alpha value is -1.60. The first-order chi connectivity index (χ1) is 11.0. The molecule has 0 aliphatic carbocycles. The summed E-state index contributed by atoms with van der Waals surface area (Å²) in [5.41, 5.74) is 2.15. The predicted molar refractivity (Wildman–Crippen MR) is 99.3 cm³/mol. The fourth-order valence-corrected chi connectivity index (χ4v) is 3.34. The Labute approximate surface area is 149 Å². The summed E-state index contributed by atoms with van der Waals surface area (Å²) in [4.78, 5) is 10.0. The van der Waals surface area contributed by atoms with Crippen LogP contribution in [0.1, 0.15) is 21.1 Å². The quantitative estimate of drug-likeness (QED) is 0.600. The second kappa shape index (κ2) is 8.31. The van der Waals surface area contributed by atoms with Gasteiger partial charge in [-0.15, -0.1) is 11.3 Å². The maximum Gasteiger partial charge on any atom is 0.191 e. The molecule has 2 aromatic rings. The van der Waals surface area contributed by atoms with E-state index in [4.69, 9.17) is 4.74 Å². The van der Waals surface area contributed by atoms with Crippen LogP contribution in [0.25, 0.3) is 0 Å². The van der Waals surface area contributed by atoms with Crippen LogP contribution in [-0.4, -0.2) is 25.1 Å². The van der Waals surface area contributed by atoms with Crippen molar-refractivity contribution in [3.8, 4) is 5.75 Å². The second-order valence-corrected chi connectivity index (χ2v) is 7.19. The Kier molecular flexibility index (Phi) is 6.41. The highest BCUT2D eigenvalue weighted by atomic mass is 79.9. The van der Waals surface area contributed by atoms with Crippen LogP contribution in [0.15, 0.2) is 27.7 Å². The molecular weight excluding hydrogens is 376 g/mol. The zero-order valence-corrected chi connectivity index (χ0v) is 16.1. The third-order valence-electron chi connectivity index (χ3n) is 3.39. The summed E-state index contributed by atoms with van der Waals surface area (Å²) in [6.07, 6.45) is 0. The summed E-state index contributed by atoms with van der Waals surface area (Å²) in [5.74, 6) is 1.58. The van der Waals surface area contributed by atoms with Crippen LogP contribution in [0.3, 0.4) is 0 Å². The second-order valence-electron chi connectivity index (χ2n) is 4.98. The molecule has 1 aromatic carbocycles. The van der Waals surface area contributed by atoms with E-state index in [1.54, 1.807) is 25.5 Å². The number of benzene rings is 1. The molecule has 5 nitrogen and oxygen atoms in total. The number of aromatic nitrogens is 1. The number of rotatable bonds is 5. The van der Waals surface area contributed by atoms with E-state index in [1.165, 1.54) is 4.88 Å². The van der Waals surface area contributed by atoms with Crippen LogP contribution in [0.4, 0.5) is 0 Å². The van der Waals surface area contributed by atoms with Crippen molar-refractivity contribution < 1.29 is 4.74 Å². The fourth-order valence-electron chi connectivity index (χ4n) is 2.06. The Morgan fingerprint density at radius 2 is 2.04 bits per heavy atom. The lowest BCUT2D eigenvalue weighted by molar-refractivity contribution is 0.409. The lowest BCUT2D eigenvalue weighted by atomic mass is 10.2. The largest absolute Gasteiger partial charge is 0.496 e. The summed E-state index contributed by atoms with van der Waals surface area (Å²) in [5, 5.41) is 7.64. The molecule has 0 aliphatic heterocycles. The highest BCUT2D eigenvalue weighted by Crippen LogP contribution is 2.22. The number of methoxy groups -OCH3 is 1. The van der Waals surface area contributed by atoms with E-state index in [0.29, 0.717) is 13.1 Å². The monoisotopic (exact) mass is 396 g/mol. The molecule has 0 unspecified atom stereocenters. The van der Waals surface area contributed by atoms with Gasteiger partial charge in [0.15, 0.2) is 5.96 Å². The molecule has 0 bridgehead atoms. The Morgan fingerprint density at radius 1 is 1.30 bits per heavy atom. The first-order valence-corrected chi connectivity index (χ1v) is 8.84. The van der Waals surface area contributed by atoms with Crippen molar-refractivity contribution in [2.75, 3.05) is 14.2 Å². The van der Waals surface area contributed by atoms with Crippen molar-refractivity contribution in [3.63, 3.8) is 0 Å². The summed E-state index contributed by atoms with van der Waals surface area (Å²) < 4.78 is 6.40. The van der Waals surface area contributed by atoms with Crippen molar-refractivity contribution in [1.29, 1.82) is 0 Å². The Morgan fingerprint density at radius 3 is 2.65 bits per heavy atom. The Bertz CT molecular complexity index is 680. The SMILES string of the molecule is CN=C(NCc1nc(C)c(C)s1)NCc1cc(Br)ccc1OC. The molecule has 1 aromatic heterocycles. The summed E-state index contributed by atoms with van der Waals surface area (Å²) in [7, 11) is 3.43. The van der Waals surface area contributed by atoms with Crippen molar-refractivity contribution in [3.05, 3.63) is 43.8 Å². The van der Waals surface area contributed by atoms with E-state index in [2.05, 4.69) is 43.5 Å². The van der Waals surface area contributed by atoms with Gasteiger partial charge in [0.1, 0.15) is 10.8 Å². The van der Waals surface area contributed by atoms with E-state index in [9.17, 15) is 0 Å². The molecule has 7 heteroatoms. The number of nitrogens with one attached hydrogen (secondary N) is 2. The van der Waals surface area contributed by atoms with Crippen LogP contribution < -0.4 is 15.4 Å². The number of aryl methyl sites for hydroxylation is 2. The molecule has 0 aliphatic rings. The van der Waals surface area contributed by atoms with Gasteiger partial charge < -0.3 is 15.4 Å². The molecule has 2 rings (SSSR count). The molecule has 2 N–H and O–H groups in total. The summed E-state index contributed by atoms with van der Waals surface area (Å²) >= 11 is 5.19. The number of halogens is 1. The van der Waals surface area contributed by atoms with Gasteiger partial charge in [0.25, 0.3) is 0 Å². The van der Waals surface area contributed by atoms with Crippen LogP contribution >= 0.6 is 27.3 Å². The zero-order valence-electron chi connectivity index (χ0n) is 13.7. The van der Waals surface area contributed by atoms with Gasteiger partial charge in [-0.25, -0.2) is 4.98 Å². The van der Waals surface area contributed by atoms with E-state index >= 15 is 0 Å². The molecule has 0 spiro atoms. The number of hydrogen-bond acceptors (Lipinski definition) is 4. The highest BCUT2D eigenvalue weighted by molar-refractivity contribution is 9.10. The smallest absolute Gasteiger partial charge is 0.191 e. The first-order valence-electron chi connectivity index (χ1n) is 7.23. The Balaban J connectivity index is 1.94. The number of nitrogens with zero attached hydrogens (tertiary/aromatic N) is 2. The molecule has 0 fully saturated rings. The van der Waals surface area contributed by atoms with Gasteiger partial charge in [-0.2, -0.15) is 0 Å². The van der Waals surface area contributed by atoms with Crippen LogP contribution in [0.2, 0.25) is 0 Å². The summed E-state index contributed by atoms with van der Waals surface area (Å²) in [6, 6.07) is 5.94. The van der Waals surface area contributed by atoms with Crippen LogP contribution in [0.5, 0.6) is 5.75 Å². The average Bonchev–Trinajstić information content (AvgIpc) is 2.86. The van der Waals surface area contributed by atoms with Gasteiger partial charge in [0, 0.05) is 28.5 Å². The molecule has 0 saturated heterocycles. The lowest BCUT2D eigenvalue weighted by Crippen LogP contribution is -2.36. The van der Waals surface area contributed by atoms with E-state index < -0.39 is 0 Å². The van der Waals surface area contributed by atoms with Gasteiger partial charge in [0.2, 0.25) is 0 Å². The van der Waals surface area contributed by atoms with Crippen molar-refractivity contribution in [2.45, 2.75) is 26.9 Å². The van der Waals surface area contributed by atoms with Crippen LogP contribution in [-0.2, 0) is 13.1 Å². The topological polar surface area (TPSA) is 58.5 Å². The predicted octanol–water partition coefficient (Wildman–Crippen LogP) is 3.40. The lowest BCUT2D eigenvalue weighted by Gasteiger charge is -2.13. The minimum Gasteiger partial charge on any atom is -0.496 e. The van der Waals surface area contributed by atoms with Crippen LogP contribution in [0, 0.1) is 13.8 Å². The van der Waals surface area contributed by atoms with Gasteiger partial charge in [0.05, 0.1) is 19.3 Å². The van der Waals surface area contributed by atoms with E-state index in [-0.39, 0.29) is 0 Å². The minimum atomic E-state index is 0.623. The number of ether oxygens (including phenoxy) is 1. The van der Waals surface area contributed by atoms with Crippen molar-refractivity contribution in [2.24, 2.45) is 4.99 Å². The maximum atomic E-state index is 5.38. The molecule has 0 radical (unpaired) electrons. The molecular formula is C16H21BrN4OS. The molecule has 124 valence electrons. The number of guanidine groups is 1. The first kappa shape index (κ1) is 17.7. The van der Waals surface area contributed by atoms with E-state index in [1.807, 2.05) is 25.1 Å². The van der Waals surface area contributed by atoms with E-state index in [0.717, 1.165) is 32.4 Å². The number of thiazole rings is 1. The van der Waals surface area contributed by atoms with Crippen molar-refractivity contribution in [1.82, 2.24) is 15.6 Å². The van der Waals surface area contributed by atoms with Gasteiger partial charge in [-0.05, 0) is 32.0 Å². The molecule has 0 atom stereocenters. The number of aliphatic imine (C=N–C) groups is 1. The fraction of sp³-hybridized carbons (Fsp3) is 0.375. The highest BCUT2D eigenvalue weighted by Gasteiger charge is 2.07. The third kappa shape index (κ3) is 4.94. The normalized spacial score (nSPS) is 11.4. The molecule has 0 amide bonds. The standard InChI is InChI=1S/C16H21BrN4OS/c1-10-11(2)23-15(21-10)9-20-16(18-3)19-8-12-7-13(17)5-6-14(12)22-4/h5-7H,8-9H2,1-4H3,(H2,18,19,20). The molecule has 23 heavy (non-hydrogen) atoms. The molecule has 0 saturated carbocycles. The maximum absolute atomic E-state index is 5.38. The minimum absolute atomic E-state index is 0.623.